The summed E-state index contributed by atoms with van der Waals surface area (Å²) in [6.45, 7) is -0.737. The summed E-state index contributed by atoms with van der Waals surface area (Å²) >= 11 is 0. The number of alkyl halides is 1. The van der Waals surface area contributed by atoms with Gasteiger partial charge in [0.25, 0.3) is 0 Å². The molecular formula is C5H10FO7P. The van der Waals surface area contributed by atoms with E-state index in [0.717, 1.165) is 0 Å². The lowest BCUT2D eigenvalue weighted by atomic mass is 10.2. The van der Waals surface area contributed by atoms with Gasteiger partial charge in [0.05, 0.1) is 6.61 Å². The van der Waals surface area contributed by atoms with E-state index in [9.17, 15) is 8.96 Å². The van der Waals surface area contributed by atoms with Gasteiger partial charge in [-0.3, -0.25) is 4.52 Å². The zero-order valence-corrected chi connectivity index (χ0v) is 7.75. The van der Waals surface area contributed by atoms with Gasteiger partial charge in [-0.05, 0) is 0 Å². The topological polar surface area (TPSA) is 116 Å². The van der Waals surface area contributed by atoms with E-state index in [0.29, 0.717) is 0 Å². The minimum atomic E-state index is -4.69. The first-order valence-electron chi connectivity index (χ1n) is 3.67. The highest BCUT2D eigenvalue weighted by Gasteiger charge is 2.44. The van der Waals surface area contributed by atoms with Gasteiger partial charge in [-0.25, -0.2) is 8.96 Å². The highest BCUT2D eigenvalue weighted by Crippen LogP contribution is 2.37. The van der Waals surface area contributed by atoms with Crippen LogP contribution < -0.4 is 0 Å². The second kappa shape index (κ2) is 4.19. The van der Waals surface area contributed by atoms with Gasteiger partial charge in [-0.2, -0.15) is 0 Å². The van der Waals surface area contributed by atoms with Crippen molar-refractivity contribution in [3.05, 3.63) is 0 Å². The summed E-state index contributed by atoms with van der Waals surface area (Å²) in [6.07, 6.45) is -6.74. The van der Waals surface area contributed by atoms with Gasteiger partial charge in [0, 0.05) is 0 Å². The molecule has 1 aliphatic rings. The Morgan fingerprint density at radius 2 is 2.00 bits per heavy atom. The first kappa shape index (κ1) is 12.0. The lowest BCUT2D eigenvalue weighted by Gasteiger charge is -2.12. The van der Waals surface area contributed by atoms with Crippen LogP contribution in [0.25, 0.3) is 0 Å². The Morgan fingerprint density at radius 3 is 2.36 bits per heavy atom. The van der Waals surface area contributed by atoms with E-state index in [1.165, 1.54) is 0 Å². The average molecular weight is 232 g/mol. The molecule has 9 heteroatoms. The first-order chi connectivity index (χ1) is 6.31. The van der Waals surface area contributed by atoms with Gasteiger partial charge >= 0.3 is 7.82 Å². The lowest BCUT2D eigenvalue weighted by Crippen LogP contribution is -2.30. The van der Waals surface area contributed by atoms with Crippen LogP contribution in [-0.4, -0.2) is 51.3 Å². The minimum absolute atomic E-state index is 0.737. The van der Waals surface area contributed by atoms with Crippen molar-refractivity contribution >= 4 is 7.82 Å². The molecule has 1 aliphatic heterocycles. The predicted octanol–water partition coefficient (Wildman–Crippen LogP) is -1.49. The van der Waals surface area contributed by atoms with E-state index < -0.39 is 39.1 Å². The van der Waals surface area contributed by atoms with Crippen LogP contribution in [0.4, 0.5) is 4.39 Å². The molecule has 0 radical (unpaired) electrons. The molecule has 2 unspecified atom stereocenters. The van der Waals surface area contributed by atoms with Gasteiger partial charge in [-0.1, -0.05) is 0 Å². The Balaban J connectivity index is 2.44. The molecule has 1 heterocycles. The maximum atomic E-state index is 12.9. The van der Waals surface area contributed by atoms with E-state index >= 15 is 0 Å². The fourth-order valence-electron chi connectivity index (χ4n) is 1.01. The number of hydrogen-bond acceptors (Lipinski definition) is 5. The number of phosphoric ester groups is 1. The molecule has 0 aromatic heterocycles. The number of halogens is 1. The first-order valence-corrected chi connectivity index (χ1v) is 5.20. The summed E-state index contributed by atoms with van der Waals surface area (Å²) in [5, 5.41) is 17.7. The summed E-state index contributed by atoms with van der Waals surface area (Å²) in [6, 6.07) is 0. The number of aliphatic hydroxyl groups excluding tert-OH is 2. The molecule has 4 N–H and O–H groups in total. The molecule has 0 saturated carbocycles. The Kier molecular flexibility index (Phi) is 3.59. The van der Waals surface area contributed by atoms with Crippen LogP contribution in [0.5, 0.6) is 0 Å². The fourth-order valence-corrected chi connectivity index (χ4v) is 1.35. The van der Waals surface area contributed by atoms with Crippen molar-refractivity contribution in [2.24, 2.45) is 0 Å². The number of hydrogen-bond donors (Lipinski definition) is 4. The van der Waals surface area contributed by atoms with Crippen LogP contribution in [-0.2, 0) is 13.8 Å². The molecular weight excluding hydrogens is 222 g/mol. The summed E-state index contributed by atoms with van der Waals surface area (Å²) in [5.74, 6) is 0. The molecule has 0 amide bonds. The highest BCUT2D eigenvalue weighted by molar-refractivity contribution is 7.46. The summed E-state index contributed by atoms with van der Waals surface area (Å²) in [4.78, 5) is 16.6. The van der Waals surface area contributed by atoms with E-state index in [1.807, 2.05) is 0 Å². The maximum absolute atomic E-state index is 12.9. The third kappa shape index (κ3) is 2.96. The minimum Gasteiger partial charge on any atom is -0.385 e. The van der Waals surface area contributed by atoms with E-state index in [-0.39, 0.29) is 0 Å². The van der Waals surface area contributed by atoms with E-state index in [4.69, 9.17) is 20.0 Å². The maximum Gasteiger partial charge on any atom is 0.469 e. The Morgan fingerprint density at radius 1 is 1.43 bits per heavy atom. The predicted molar refractivity (Wildman–Crippen MR) is 39.8 cm³/mol. The quantitative estimate of drug-likeness (QED) is 0.438. The van der Waals surface area contributed by atoms with Gasteiger partial charge in [-0.15, -0.1) is 0 Å². The molecule has 1 rings (SSSR count). The van der Waals surface area contributed by atoms with Gasteiger partial charge < -0.3 is 24.7 Å². The van der Waals surface area contributed by atoms with E-state index in [1.54, 1.807) is 0 Å². The normalized spacial score (nSPS) is 38.9. The molecule has 0 spiro atoms. The van der Waals surface area contributed by atoms with Crippen molar-refractivity contribution in [1.82, 2.24) is 0 Å². The van der Waals surface area contributed by atoms with Gasteiger partial charge in [0.15, 0.2) is 12.5 Å². The van der Waals surface area contributed by atoms with Crippen molar-refractivity contribution in [3.63, 3.8) is 0 Å². The van der Waals surface area contributed by atoms with Crippen LogP contribution in [0.1, 0.15) is 0 Å². The van der Waals surface area contributed by atoms with Crippen molar-refractivity contribution in [3.8, 4) is 0 Å². The third-order valence-corrected chi connectivity index (χ3v) is 2.18. The zero-order chi connectivity index (χ0) is 10.9. The van der Waals surface area contributed by atoms with Crippen molar-refractivity contribution in [1.29, 1.82) is 0 Å². The monoisotopic (exact) mass is 232 g/mol. The number of ether oxygens (including phenoxy) is 1. The van der Waals surface area contributed by atoms with Gasteiger partial charge in [0.2, 0.25) is 0 Å². The molecule has 1 fully saturated rings. The number of rotatable bonds is 3. The third-order valence-electron chi connectivity index (χ3n) is 1.69. The average Bonchev–Trinajstić information content (AvgIpc) is 2.28. The zero-order valence-electron chi connectivity index (χ0n) is 6.86. The summed E-state index contributed by atoms with van der Waals surface area (Å²) in [7, 11) is -4.69. The largest absolute Gasteiger partial charge is 0.469 e. The van der Waals surface area contributed by atoms with E-state index in [2.05, 4.69) is 9.26 Å². The standard InChI is InChI=1S/C5H10FO7P/c6-3-2(1-12-14(9,10)11)13-5(8)4(3)7/h2-5,7-8H,1H2,(H2,9,10,11)/t2-,3?,4+,5?/m1/s1. The molecule has 4 atom stereocenters. The number of aliphatic hydroxyl groups is 2. The van der Waals surface area contributed by atoms with Crippen molar-refractivity contribution in [2.45, 2.75) is 24.7 Å². The molecule has 0 aliphatic carbocycles. The molecule has 84 valence electrons. The Hall–Kier alpha value is -0.0800. The SMILES string of the molecule is O=P(O)(O)OC[C@H]1OC(O)[C@@H](O)C1F. The fraction of sp³-hybridized carbons (Fsp3) is 1.00. The molecule has 0 aromatic rings. The summed E-state index contributed by atoms with van der Waals surface area (Å²) < 4.78 is 31.6. The smallest absolute Gasteiger partial charge is 0.385 e. The van der Waals surface area contributed by atoms with Crippen molar-refractivity contribution < 1.29 is 38.2 Å². The van der Waals surface area contributed by atoms with Crippen molar-refractivity contribution in [2.75, 3.05) is 6.61 Å². The Labute approximate surface area is 78.3 Å². The molecule has 7 nitrogen and oxygen atoms in total. The van der Waals surface area contributed by atoms with Crippen LogP contribution in [0, 0.1) is 0 Å². The highest BCUT2D eigenvalue weighted by atomic mass is 31.2. The second-order valence-corrected chi connectivity index (χ2v) is 4.03. The molecule has 1 saturated heterocycles. The second-order valence-electron chi connectivity index (χ2n) is 2.79. The van der Waals surface area contributed by atoms with Crippen LogP contribution in [0.15, 0.2) is 0 Å². The molecule has 0 bridgehead atoms. The Bertz CT molecular complexity index is 242. The van der Waals surface area contributed by atoms with Crippen LogP contribution in [0.2, 0.25) is 0 Å². The summed E-state index contributed by atoms with van der Waals surface area (Å²) in [5.41, 5.74) is 0. The molecule has 14 heavy (non-hydrogen) atoms. The lowest BCUT2D eigenvalue weighted by molar-refractivity contribution is -0.132. The van der Waals surface area contributed by atoms with Crippen LogP contribution >= 0.6 is 7.82 Å². The van der Waals surface area contributed by atoms with Gasteiger partial charge in [0.1, 0.15) is 12.2 Å². The molecule has 0 aromatic carbocycles. The van der Waals surface area contributed by atoms with Crippen LogP contribution in [0.3, 0.4) is 0 Å². The number of phosphoric acid groups is 1.